The highest BCUT2D eigenvalue weighted by Crippen LogP contribution is 2.23. The van der Waals surface area contributed by atoms with E-state index in [0.29, 0.717) is 18.0 Å². The summed E-state index contributed by atoms with van der Waals surface area (Å²) in [5.74, 6) is -0.541. The molecule has 3 amide bonds. The molecule has 0 fully saturated rings. The van der Waals surface area contributed by atoms with Crippen molar-refractivity contribution in [2.24, 2.45) is 0 Å². The number of ether oxygens (including phenoxy) is 1. The summed E-state index contributed by atoms with van der Waals surface area (Å²) in [6.45, 7) is 2.01. The summed E-state index contributed by atoms with van der Waals surface area (Å²) in [6, 6.07) is 12.2. The van der Waals surface area contributed by atoms with Gasteiger partial charge in [0.2, 0.25) is 5.91 Å². The van der Waals surface area contributed by atoms with Crippen molar-refractivity contribution < 1.29 is 18.7 Å². The quantitative estimate of drug-likeness (QED) is 0.761. The van der Waals surface area contributed by atoms with E-state index in [0.717, 1.165) is 0 Å². The molecule has 3 N–H and O–H groups in total. The molecule has 0 aliphatic carbocycles. The van der Waals surface area contributed by atoms with Crippen LogP contribution in [0.25, 0.3) is 0 Å². The Kier molecular flexibility index (Phi) is 6.13. The van der Waals surface area contributed by atoms with Crippen LogP contribution >= 0.6 is 0 Å². The van der Waals surface area contributed by atoms with Crippen molar-refractivity contribution in [1.29, 1.82) is 0 Å². The van der Waals surface area contributed by atoms with E-state index in [1.165, 1.54) is 18.2 Å². The van der Waals surface area contributed by atoms with Gasteiger partial charge in [-0.15, -0.1) is 0 Å². The third kappa shape index (κ3) is 4.98. The third-order valence-corrected chi connectivity index (χ3v) is 2.99. The van der Waals surface area contributed by atoms with Crippen LogP contribution in [0.3, 0.4) is 0 Å². The predicted molar refractivity (Wildman–Crippen MR) is 89.7 cm³/mol. The topological polar surface area (TPSA) is 79.5 Å². The van der Waals surface area contributed by atoms with Crippen LogP contribution in [-0.2, 0) is 4.79 Å². The summed E-state index contributed by atoms with van der Waals surface area (Å²) in [6.07, 6.45) is 0. The molecule has 0 saturated carbocycles. The number of urea groups is 1. The fraction of sp³-hybridized carbons (Fsp3) is 0.176. The largest absolute Gasteiger partial charge is 0.492 e. The van der Waals surface area contributed by atoms with Gasteiger partial charge in [-0.05, 0) is 31.2 Å². The molecule has 0 spiro atoms. The smallest absolute Gasteiger partial charge is 0.319 e. The van der Waals surface area contributed by atoms with Crippen molar-refractivity contribution in [2.75, 3.05) is 23.8 Å². The van der Waals surface area contributed by atoms with E-state index in [-0.39, 0.29) is 12.2 Å². The molecule has 24 heavy (non-hydrogen) atoms. The lowest BCUT2D eigenvalue weighted by Gasteiger charge is -2.12. The number of carbonyl (C=O) groups is 2. The van der Waals surface area contributed by atoms with Gasteiger partial charge in [0.25, 0.3) is 0 Å². The van der Waals surface area contributed by atoms with Crippen LogP contribution in [0.4, 0.5) is 20.6 Å². The third-order valence-electron chi connectivity index (χ3n) is 2.99. The molecule has 0 heterocycles. The van der Waals surface area contributed by atoms with Gasteiger partial charge in [-0.25, -0.2) is 9.18 Å². The van der Waals surface area contributed by atoms with Gasteiger partial charge < -0.3 is 20.7 Å². The molecule has 0 unspecified atom stereocenters. The van der Waals surface area contributed by atoms with Crippen molar-refractivity contribution in [2.45, 2.75) is 6.92 Å². The Labute approximate surface area is 139 Å². The maximum absolute atomic E-state index is 13.4. The highest BCUT2D eigenvalue weighted by atomic mass is 19.1. The number of benzene rings is 2. The average Bonchev–Trinajstić information content (AvgIpc) is 2.57. The molecule has 0 aliphatic rings. The number of hydrogen-bond acceptors (Lipinski definition) is 3. The summed E-state index contributed by atoms with van der Waals surface area (Å²) >= 11 is 0. The first-order valence-corrected chi connectivity index (χ1v) is 7.41. The Bertz CT molecular complexity index is 722. The lowest BCUT2D eigenvalue weighted by Crippen LogP contribution is -2.36. The van der Waals surface area contributed by atoms with Crippen LogP contribution in [0.2, 0.25) is 0 Å². The number of para-hydroxylation sites is 3. The molecule has 0 atom stereocenters. The van der Waals surface area contributed by atoms with Crippen LogP contribution in [-0.4, -0.2) is 25.1 Å². The van der Waals surface area contributed by atoms with E-state index in [1.807, 2.05) is 6.92 Å². The fourth-order valence-corrected chi connectivity index (χ4v) is 1.94. The van der Waals surface area contributed by atoms with Crippen LogP contribution in [0.15, 0.2) is 48.5 Å². The Hall–Kier alpha value is -3.09. The zero-order valence-corrected chi connectivity index (χ0v) is 13.1. The average molecular weight is 331 g/mol. The number of carbonyl (C=O) groups excluding carboxylic acids is 2. The number of halogens is 1. The summed E-state index contributed by atoms with van der Waals surface area (Å²) in [5, 5.41) is 7.38. The van der Waals surface area contributed by atoms with E-state index < -0.39 is 17.8 Å². The van der Waals surface area contributed by atoms with Crippen molar-refractivity contribution in [3.8, 4) is 5.75 Å². The Morgan fingerprint density at radius 3 is 2.38 bits per heavy atom. The Morgan fingerprint density at radius 2 is 1.67 bits per heavy atom. The van der Waals surface area contributed by atoms with Gasteiger partial charge in [0, 0.05) is 0 Å². The molecular formula is C17H18FN3O3. The van der Waals surface area contributed by atoms with Gasteiger partial charge >= 0.3 is 6.03 Å². The van der Waals surface area contributed by atoms with Gasteiger partial charge in [-0.1, -0.05) is 24.3 Å². The van der Waals surface area contributed by atoms with Crippen LogP contribution in [0.5, 0.6) is 5.75 Å². The summed E-state index contributed by atoms with van der Waals surface area (Å²) in [5.41, 5.74) is 0.553. The second kappa shape index (κ2) is 8.52. The van der Waals surface area contributed by atoms with Crippen LogP contribution in [0, 0.1) is 5.82 Å². The first kappa shape index (κ1) is 17.3. The molecule has 2 rings (SSSR count). The van der Waals surface area contributed by atoms with Crippen molar-refractivity contribution in [3.63, 3.8) is 0 Å². The van der Waals surface area contributed by atoms with Gasteiger partial charge in [0.05, 0.1) is 24.5 Å². The van der Waals surface area contributed by atoms with Crippen LogP contribution in [0.1, 0.15) is 6.92 Å². The SMILES string of the molecule is CCOc1ccccc1NC(=O)NCC(=O)Nc1ccccc1F. The molecular weight excluding hydrogens is 313 g/mol. The van der Waals surface area contributed by atoms with Gasteiger partial charge in [-0.2, -0.15) is 0 Å². The molecule has 0 aliphatic heterocycles. The van der Waals surface area contributed by atoms with Crippen LogP contribution < -0.4 is 20.7 Å². The van der Waals surface area contributed by atoms with E-state index in [2.05, 4.69) is 16.0 Å². The molecule has 0 saturated heterocycles. The Morgan fingerprint density at radius 1 is 1.00 bits per heavy atom. The lowest BCUT2D eigenvalue weighted by molar-refractivity contribution is -0.115. The standard InChI is InChI=1S/C17H18FN3O3/c1-2-24-15-10-6-5-9-14(15)21-17(23)19-11-16(22)20-13-8-4-3-7-12(13)18/h3-10H,2,11H2,1H3,(H,20,22)(H2,19,21,23). The zero-order chi connectivity index (χ0) is 17.4. The van der Waals surface area contributed by atoms with E-state index in [9.17, 15) is 14.0 Å². The zero-order valence-electron chi connectivity index (χ0n) is 13.1. The minimum absolute atomic E-state index is 0.0615. The summed E-state index contributed by atoms with van der Waals surface area (Å²) in [4.78, 5) is 23.6. The second-order valence-electron chi connectivity index (χ2n) is 4.76. The van der Waals surface area contributed by atoms with Crippen molar-refractivity contribution >= 4 is 23.3 Å². The minimum Gasteiger partial charge on any atom is -0.492 e. The molecule has 2 aromatic carbocycles. The monoisotopic (exact) mass is 331 g/mol. The fourth-order valence-electron chi connectivity index (χ4n) is 1.94. The molecule has 0 radical (unpaired) electrons. The predicted octanol–water partition coefficient (Wildman–Crippen LogP) is 2.98. The maximum atomic E-state index is 13.4. The summed E-state index contributed by atoms with van der Waals surface area (Å²) < 4.78 is 18.8. The minimum atomic E-state index is -0.564. The number of anilines is 2. The number of rotatable bonds is 6. The van der Waals surface area contributed by atoms with Gasteiger partial charge in [0.15, 0.2) is 0 Å². The van der Waals surface area contributed by atoms with Crippen molar-refractivity contribution in [3.05, 3.63) is 54.3 Å². The summed E-state index contributed by atoms with van der Waals surface area (Å²) in [7, 11) is 0. The molecule has 6 nitrogen and oxygen atoms in total. The van der Waals surface area contributed by atoms with E-state index in [1.54, 1.807) is 30.3 Å². The van der Waals surface area contributed by atoms with Crippen molar-refractivity contribution in [1.82, 2.24) is 5.32 Å². The molecule has 7 heteroatoms. The van der Waals surface area contributed by atoms with E-state index in [4.69, 9.17) is 4.74 Å². The Balaban J connectivity index is 1.85. The highest BCUT2D eigenvalue weighted by Gasteiger charge is 2.10. The number of hydrogen-bond donors (Lipinski definition) is 3. The first-order chi connectivity index (χ1) is 11.6. The highest BCUT2D eigenvalue weighted by molar-refractivity contribution is 5.97. The lowest BCUT2D eigenvalue weighted by atomic mass is 10.3. The second-order valence-corrected chi connectivity index (χ2v) is 4.76. The molecule has 0 bridgehead atoms. The number of nitrogens with one attached hydrogen (secondary N) is 3. The van der Waals surface area contributed by atoms with E-state index >= 15 is 0 Å². The molecule has 2 aromatic rings. The first-order valence-electron chi connectivity index (χ1n) is 7.41. The molecule has 126 valence electrons. The maximum Gasteiger partial charge on any atom is 0.319 e. The normalized spacial score (nSPS) is 9.92. The molecule has 0 aromatic heterocycles. The number of amides is 3. The van der Waals surface area contributed by atoms with Gasteiger partial charge in [-0.3, -0.25) is 4.79 Å². The van der Waals surface area contributed by atoms with Gasteiger partial charge in [0.1, 0.15) is 11.6 Å².